The van der Waals surface area contributed by atoms with Crippen LogP contribution in [-0.4, -0.2) is 28.6 Å². The first-order chi connectivity index (χ1) is 8.67. The molecule has 1 aliphatic heterocycles. The Balaban J connectivity index is 0.00000200. The standard InChI is InChI=1S/C10H16N2O4S3.BrH/c1-3-12-8-4-6(2)18(13,14)10-7(8)5-9(17-10)19(11,15)16;/h5-6,8,12H,3-4H2,1-2H3,(H2,11,15,16);1H/t6-,8-;/m0./s1. The topological polar surface area (TPSA) is 106 Å². The third-order valence-corrected chi connectivity index (χ3v) is 8.48. The van der Waals surface area contributed by atoms with Gasteiger partial charge in [0.25, 0.3) is 0 Å². The Morgan fingerprint density at radius 1 is 1.50 bits per heavy atom. The highest BCUT2D eigenvalue weighted by atomic mass is 79.9. The van der Waals surface area contributed by atoms with Gasteiger partial charge in [0.15, 0.2) is 9.84 Å². The molecule has 2 heterocycles. The van der Waals surface area contributed by atoms with E-state index in [0.29, 0.717) is 18.5 Å². The van der Waals surface area contributed by atoms with Crippen molar-refractivity contribution in [2.24, 2.45) is 5.14 Å². The predicted molar refractivity (Wildman–Crippen MR) is 83.7 cm³/mol. The molecule has 0 amide bonds. The van der Waals surface area contributed by atoms with E-state index in [1.807, 2.05) is 6.92 Å². The van der Waals surface area contributed by atoms with Gasteiger partial charge >= 0.3 is 0 Å². The molecule has 116 valence electrons. The number of sulfone groups is 1. The molecule has 1 aliphatic rings. The molecule has 0 aliphatic carbocycles. The molecule has 0 fully saturated rings. The molecular weight excluding hydrogens is 388 g/mol. The second-order valence-electron chi connectivity index (χ2n) is 4.55. The van der Waals surface area contributed by atoms with E-state index in [9.17, 15) is 16.8 Å². The van der Waals surface area contributed by atoms with Crippen LogP contribution in [-0.2, 0) is 19.9 Å². The molecule has 3 N–H and O–H groups in total. The van der Waals surface area contributed by atoms with Crippen molar-refractivity contribution >= 4 is 48.2 Å². The zero-order valence-corrected chi connectivity index (χ0v) is 15.2. The van der Waals surface area contributed by atoms with Crippen molar-refractivity contribution in [3.05, 3.63) is 11.6 Å². The van der Waals surface area contributed by atoms with Crippen molar-refractivity contribution in [2.75, 3.05) is 6.54 Å². The Labute approximate surface area is 133 Å². The van der Waals surface area contributed by atoms with Gasteiger partial charge in [-0.15, -0.1) is 28.3 Å². The molecule has 6 nitrogen and oxygen atoms in total. The van der Waals surface area contributed by atoms with Crippen LogP contribution in [0.4, 0.5) is 0 Å². The molecule has 10 heteroatoms. The number of rotatable bonds is 3. The van der Waals surface area contributed by atoms with E-state index in [1.54, 1.807) is 6.92 Å². The Hall–Kier alpha value is 0. The summed E-state index contributed by atoms with van der Waals surface area (Å²) in [5.74, 6) is 0. The van der Waals surface area contributed by atoms with Crippen LogP contribution in [0.2, 0.25) is 0 Å². The van der Waals surface area contributed by atoms with Crippen LogP contribution in [0.25, 0.3) is 0 Å². The van der Waals surface area contributed by atoms with Crippen molar-refractivity contribution in [1.82, 2.24) is 5.32 Å². The first-order valence-corrected chi connectivity index (χ1v) is 9.72. The fourth-order valence-electron chi connectivity index (χ4n) is 2.18. The molecule has 1 aromatic heterocycles. The summed E-state index contributed by atoms with van der Waals surface area (Å²) < 4.78 is 47.3. The van der Waals surface area contributed by atoms with Crippen LogP contribution >= 0.6 is 28.3 Å². The smallest absolute Gasteiger partial charge is 0.247 e. The fraction of sp³-hybridized carbons (Fsp3) is 0.600. The van der Waals surface area contributed by atoms with Crippen molar-refractivity contribution in [2.45, 2.75) is 40.0 Å². The second kappa shape index (κ2) is 6.01. The van der Waals surface area contributed by atoms with E-state index >= 15 is 0 Å². The highest BCUT2D eigenvalue weighted by Crippen LogP contribution is 2.42. The minimum absolute atomic E-state index is 0. The maximum Gasteiger partial charge on any atom is 0.247 e. The average molecular weight is 405 g/mol. The molecule has 2 rings (SSSR count). The Bertz CT molecular complexity index is 696. The van der Waals surface area contributed by atoms with E-state index < -0.39 is 25.1 Å². The van der Waals surface area contributed by atoms with Crippen LogP contribution in [0.1, 0.15) is 31.9 Å². The number of halogens is 1. The maximum atomic E-state index is 12.2. The van der Waals surface area contributed by atoms with E-state index in [2.05, 4.69) is 5.32 Å². The van der Waals surface area contributed by atoms with Gasteiger partial charge in [0, 0.05) is 11.6 Å². The van der Waals surface area contributed by atoms with E-state index in [-0.39, 0.29) is 31.4 Å². The minimum atomic E-state index is -3.88. The molecule has 0 saturated heterocycles. The van der Waals surface area contributed by atoms with E-state index in [0.717, 1.165) is 11.3 Å². The maximum absolute atomic E-state index is 12.2. The van der Waals surface area contributed by atoms with E-state index in [4.69, 9.17) is 5.14 Å². The quantitative estimate of drug-likeness (QED) is 0.786. The molecule has 0 saturated carbocycles. The zero-order chi connectivity index (χ0) is 14.4. The van der Waals surface area contributed by atoms with Gasteiger partial charge in [-0.3, -0.25) is 0 Å². The molecule has 0 radical (unpaired) electrons. The molecule has 0 unspecified atom stereocenters. The zero-order valence-electron chi connectivity index (χ0n) is 11.0. The van der Waals surface area contributed by atoms with Crippen LogP contribution in [0.15, 0.2) is 14.5 Å². The monoisotopic (exact) mass is 404 g/mol. The Morgan fingerprint density at radius 3 is 2.60 bits per heavy atom. The molecule has 0 spiro atoms. The Kier molecular flexibility index (Phi) is 5.43. The normalized spacial score (nSPS) is 24.8. The largest absolute Gasteiger partial charge is 0.310 e. The van der Waals surface area contributed by atoms with Crippen molar-refractivity contribution in [3.63, 3.8) is 0 Å². The van der Waals surface area contributed by atoms with Gasteiger partial charge < -0.3 is 5.32 Å². The predicted octanol–water partition coefficient (Wildman–Crippen LogP) is 1.19. The molecule has 20 heavy (non-hydrogen) atoms. The summed E-state index contributed by atoms with van der Waals surface area (Å²) in [5.41, 5.74) is 0.522. The van der Waals surface area contributed by atoms with Gasteiger partial charge in [0.2, 0.25) is 10.0 Å². The number of primary sulfonamides is 1. The molecule has 0 bridgehead atoms. The first kappa shape index (κ1) is 18.1. The SMILES string of the molecule is Br.CCN[C@H]1C[C@H](C)S(=O)(=O)c2sc(S(N)(=O)=O)cc21. The molecule has 2 atom stereocenters. The van der Waals surface area contributed by atoms with Crippen LogP contribution in [0, 0.1) is 0 Å². The first-order valence-electron chi connectivity index (χ1n) is 5.81. The molecular formula is C10H17BrN2O4S3. The number of hydrogen-bond donors (Lipinski definition) is 2. The Morgan fingerprint density at radius 2 is 2.10 bits per heavy atom. The lowest BCUT2D eigenvalue weighted by molar-refractivity contribution is 0.477. The number of hydrogen-bond acceptors (Lipinski definition) is 6. The summed E-state index contributed by atoms with van der Waals surface area (Å²) in [4.78, 5) is 0. The summed E-state index contributed by atoms with van der Waals surface area (Å²) in [7, 11) is -7.33. The minimum Gasteiger partial charge on any atom is -0.310 e. The van der Waals surface area contributed by atoms with E-state index in [1.165, 1.54) is 6.07 Å². The number of thiophene rings is 1. The summed E-state index contributed by atoms with van der Waals surface area (Å²) in [5, 5.41) is 7.73. The lowest BCUT2D eigenvalue weighted by Gasteiger charge is -2.27. The number of nitrogens with one attached hydrogen (secondary N) is 1. The average Bonchev–Trinajstić information content (AvgIpc) is 2.72. The summed E-state index contributed by atoms with van der Waals surface area (Å²) >= 11 is 0.742. The van der Waals surface area contributed by atoms with Crippen molar-refractivity contribution in [1.29, 1.82) is 0 Å². The van der Waals surface area contributed by atoms with Gasteiger partial charge in [0.05, 0.1) is 5.25 Å². The van der Waals surface area contributed by atoms with Gasteiger partial charge in [-0.2, -0.15) is 0 Å². The van der Waals surface area contributed by atoms with Gasteiger partial charge in [-0.1, -0.05) is 6.92 Å². The van der Waals surface area contributed by atoms with Crippen molar-refractivity contribution < 1.29 is 16.8 Å². The summed E-state index contributed by atoms with van der Waals surface area (Å²) in [6.07, 6.45) is 0.434. The van der Waals surface area contributed by atoms with Crippen molar-refractivity contribution in [3.8, 4) is 0 Å². The number of nitrogens with two attached hydrogens (primary N) is 1. The lowest BCUT2D eigenvalue weighted by Crippen LogP contribution is -2.33. The van der Waals surface area contributed by atoms with Gasteiger partial charge in [-0.05, 0) is 26.0 Å². The van der Waals surface area contributed by atoms with Gasteiger partial charge in [-0.25, -0.2) is 22.0 Å². The third-order valence-electron chi connectivity index (χ3n) is 3.16. The number of sulfonamides is 1. The molecule has 0 aromatic carbocycles. The van der Waals surface area contributed by atoms with Crippen LogP contribution in [0.3, 0.4) is 0 Å². The fourth-order valence-corrected chi connectivity index (χ4v) is 6.60. The third kappa shape index (κ3) is 3.09. The summed E-state index contributed by atoms with van der Waals surface area (Å²) in [6.45, 7) is 4.23. The highest BCUT2D eigenvalue weighted by Gasteiger charge is 2.39. The summed E-state index contributed by atoms with van der Waals surface area (Å²) in [6, 6.07) is 1.23. The van der Waals surface area contributed by atoms with Gasteiger partial charge in [0.1, 0.15) is 8.42 Å². The lowest BCUT2D eigenvalue weighted by atomic mass is 10.1. The number of fused-ring (bicyclic) bond motifs is 1. The van der Waals surface area contributed by atoms with Crippen LogP contribution in [0.5, 0.6) is 0 Å². The second-order valence-corrected chi connectivity index (χ2v) is 9.96. The van der Waals surface area contributed by atoms with Crippen LogP contribution < -0.4 is 10.5 Å². The molecule has 1 aromatic rings. The highest BCUT2D eigenvalue weighted by molar-refractivity contribution is 8.93.